The molecule has 98 valence electrons. The number of hydrogen-bond donors (Lipinski definition) is 0. The number of anilines is 1. The molecule has 0 aromatic carbocycles. The van der Waals surface area contributed by atoms with Crippen LogP contribution in [-0.4, -0.2) is 37.1 Å². The summed E-state index contributed by atoms with van der Waals surface area (Å²) in [5.41, 5.74) is 1.22. The molecule has 4 heteroatoms. The van der Waals surface area contributed by atoms with Gasteiger partial charge in [0, 0.05) is 18.5 Å². The van der Waals surface area contributed by atoms with E-state index < -0.39 is 0 Å². The molecule has 1 aliphatic rings. The molecule has 0 N–H and O–H groups in total. The zero-order chi connectivity index (χ0) is 13.2. The van der Waals surface area contributed by atoms with Gasteiger partial charge in [0.15, 0.2) is 5.78 Å². The van der Waals surface area contributed by atoms with Crippen molar-refractivity contribution in [2.24, 2.45) is 5.41 Å². The summed E-state index contributed by atoms with van der Waals surface area (Å²) in [5, 5.41) is 0. The third-order valence-corrected chi connectivity index (χ3v) is 3.04. The van der Waals surface area contributed by atoms with Crippen LogP contribution in [0.1, 0.15) is 31.3 Å². The maximum Gasteiger partial charge on any atom is 0.186 e. The molecule has 1 fully saturated rings. The van der Waals surface area contributed by atoms with Crippen molar-refractivity contribution in [3.05, 3.63) is 24.0 Å². The Hall–Kier alpha value is -1.42. The molecular weight excluding hydrogens is 228 g/mol. The average molecular weight is 248 g/mol. The summed E-state index contributed by atoms with van der Waals surface area (Å²) < 4.78 is 5.31. The van der Waals surface area contributed by atoms with E-state index in [1.165, 1.54) is 0 Å². The highest BCUT2D eigenvalue weighted by Crippen LogP contribution is 2.21. The lowest BCUT2D eigenvalue weighted by atomic mass is 9.89. The highest BCUT2D eigenvalue weighted by Gasteiger charge is 2.24. The number of carbonyl (C=O) groups is 1. The van der Waals surface area contributed by atoms with Gasteiger partial charge in [-0.1, -0.05) is 20.8 Å². The topological polar surface area (TPSA) is 42.4 Å². The first-order chi connectivity index (χ1) is 8.48. The molecule has 0 bridgehead atoms. The average Bonchev–Trinajstić information content (AvgIpc) is 2.38. The predicted octanol–water partition coefficient (Wildman–Crippen LogP) is 2.15. The summed E-state index contributed by atoms with van der Waals surface area (Å²) >= 11 is 0. The van der Waals surface area contributed by atoms with Crippen LogP contribution in [0.2, 0.25) is 0 Å². The molecule has 1 aromatic rings. The summed E-state index contributed by atoms with van der Waals surface area (Å²) in [5.74, 6) is 0.0797. The monoisotopic (exact) mass is 248 g/mol. The summed E-state index contributed by atoms with van der Waals surface area (Å²) in [7, 11) is 0. The molecule has 1 aromatic heterocycles. The molecule has 0 spiro atoms. The van der Waals surface area contributed by atoms with E-state index in [4.69, 9.17) is 4.74 Å². The number of aromatic nitrogens is 1. The number of ketones is 1. The van der Waals surface area contributed by atoms with Crippen LogP contribution in [-0.2, 0) is 4.74 Å². The molecule has 0 unspecified atom stereocenters. The van der Waals surface area contributed by atoms with Gasteiger partial charge in [-0.3, -0.25) is 9.78 Å². The van der Waals surface area contributed by atoms with Crippen molar-refractivity contribution in [2.75, 3.05) is 31.2 Å². The fraction of sp³-hybridized carbons (Fsp3) is 0.571. The van der Waals surface area contributed by atoms with Gasteiger partial charge in [-0.15, -0.1) is 0 Å². The first kappa shape index (κ1) is 13.0. The van der Waals surface area contributed by atoms with E-state index in [0.717, 1.165) is 32.0 Å². The van der Waals surface area contributed by atoms with Crippen molar-refractivity contribution < 1.29 is 9.53 Å². The minimum atomic E-state index is -0.381. The highest BCUT2D eigenvalue weighted by molar-refractivity contribution is 5.98. The molecule has 0 radical (unpaired) electrons. The van der Waals surface area contributed by atoms with Gasteiger partial charge < -0.3 is 9.64 Å². The van der Waals surface area contributed by atoms with E-state index in [0.29, 0.717) is 5.69 Å². The van der Waals surface area contributed by atoms with Crippen LogP contribution >= 0.6 is 0 Å². The van der Waals surface area contributed by atoms with Crippen LogP contribution < -0.4 is 4.90 Å². The van der Waals surface area contributed by atoms with Crippen molar-refractivity contribution >= 4 is 11.5 Å². The molecule has 0 amide bonds. The maximum absolute atomic E-state index is 12.1. The standard InChI is InChI=1S/C14H20N2O2/c1-14(2,3)13(17)12-5-4-11(10-15-12)16-6-8-18-9-7-16/h4-5,10H,6-9H2,1-3H3. The second-order valence-corrected chi connectivity index (χ2v) is 5.58. The first-order valence-electron chi connectivity index (χ1n) is 6.32. The van der Waals surface area contributed by atoms with Gasteiger partial charge in [-0.05, 0) is 12.1 Å². The van der Waals surface area contributed by atoms with Gasteiger partial charge in [-0.25, -0.2) is 0 Å². The zero-order valence-electron chi connectivity index (χ0n) is 11.3. The van der Waals surface area contributed by atoms with Crippen LogP contribution in [0.5, 0.6) is 0 Å². The minimum absolute atomic E-state index is 0.0797. The minimum Gasteiger partial charge on any atom is -0.378 e. The lowest BCUT2D eigenvalue weighted by Crippen LogP contribution is -2.36. The zero-order valence-corrected chi connectivity index (χ0v) is 11.3. The predicted molar refractivity (Wildman–Crippen MR) is 71.1 cm³/mol. The van der Waals surface area contributed by atoms with E-state index in [1.807, 2.05) is 32.9 Å². The number of rotatable bonds is 2. The van der Waals surface area contributed by atoms with Gasteiger partial charge in [-0.2, -0.15) is 0 Å². The lowest BCUT2D eigenvalue weighted by molar-refractivity contribution is 0.0853. The molecule has 1 saturated heterocycles. The van der Waals surface area contributed by atoms with Crippen molar-refractivity contribution in [2.45, 2.75) is 20.8 Å². The number of pyridine rings is 1. The Morgan fingerprint density at radius 1 is 1.28 bits per heavy atom. The summed E-state index contributed by atoms with van der Waals surface area (Å²) in [6, 6.07) is 3.79. The highest BCUT2D eigenvalue weighted by atomic mass is 16.5. The third kappa shape index (κ3) is 2.88. The molecule has 0 aliphatic carbocycles. The van der Waals surface area contributed by atoms with Gasteiger partial charge in [0.2, 0.25) is 0 Å². The Balaban J connectivity index is 2.12. The van der Waals surface area contributed by atoms with Crippen molar-refractivity contribution in [1.29, 1.82) is 0 Å². The fourth-order valence-corrected chi connectivity index (χ4v) is 1.91. The molecule has 1 aliphatic heterocycles. The summed E-state index contributed by atoms with van der Waals surface area (Å²) in [6.07, 6.45) is 1.78. The number of Topliss-reactive ketones (excluding diaryl/α,β-unsaturated/α-hetero) is 1. The number of morpholine rings is 1. The molecule has 4 nitrogen and oxygen atoms in total. The Kier molecular flexibility index (Phi) is 3.66. The van der Waals surface area contributed by atoms with Gasteiger partial charge in [0.1, 0.15) is 5.69 Å². The molecular formula is C14H20N2O2. The number of hydrogen-bond acceptors (Lipinski definition) is 4. The van der Waals surface area contributed by atoms with Crippen LogP contribution in [0.4, 0.5) is 5.69 Å². The Morgan fingerprint density at radius 3 is 2.44 bits per heavy atom. The number of nitrogens with zero attached hydrogens (tertiary/aromatic N) is 2. The molecule has 0 saturated carbocycles. The quantitative estimate of drug-likeness (QED) is 0.752. The molecule has 2 heterocycles. The fourth-order valence-electron chi connectivity index (χ4n) is 1.91. The summed E-state index contributed by atoms with van der Waals surface area (Å²) in [6.45, 7) is 9.00. The van der Waals surface area contributed by atoms with Crippen LogP contribution in [0.3, 0.4) is 0 Å². The van der Waals surface area contributed by atoms with Crippen LogP contribution in [0, 0.1) is 5.41 Å². The van der Waals surface area contributed by atoms with E-state index in [1.54, 1.807) is 6.20 Å². The maximum atomic E-state index is 12.1. The largest absolute Gasteiger partial charge is 0.378 e. The second kappa shape index (κ2) is 5.06. The molecule has 2 rings (SSSR count). The van der Waals surface area contributed by atoms with E-state index >= 15 is 0 Å². The van der Waals surface area contributed by atoms with E-state index in [9.17, 15) is 4.79 Å². The van der Waals surface area contributed by atoms with Crippen LogP contribution in [0.15, 0.2) is 18.3 Å². The smallest absolute Gasteiger partial charge is 0.186 e. The van der Waals surface area contributed by atoms with Gasteiger partial charge in [0.25, 0.3) is 0 Å². The molecule has 18 heavy (non-hydrogen) atoms. The van der Waals surface area contributed by atoms with E-state index in [2.05, 4.69) is 9.88 Å². The lowest BCUT2D eigenvalue weighted by Gasteiger charge is -2.28. The van der Waals surface area contributed by atoms with E-state index in [-0.39, 0.29) is 11.2 Å². The molecule has 0 atom stereocenters. The van der Waals surface area contributed by atoms with Crippen molar-refractivity contribution in [3.63, 3.8) is 0 Å². The number of carbonyl (C=O) groups excluding carboxylic acids is 1. The van der Waals surface area contributed by atoms with Gasteiger partial charge >= 0.3 is 0 Å². The first-order valence-corrected chi connectivity index (χ1v) is 6.32. The normalized spacial score (nSPS) is 16.7. The van der Waals surface area contributed by atoms with Crippen molar-refractivity contribution in [1.82, 2.24) is 4.98 Å². The SMILES string of the molecule is CC(C)(C)C(=O)c1ccc(N2CCOCC2)cn1. The summed E-state index contributed by atoms with van der Waals surface area (Å²) in [4.78, 5) is 18.6. The van der Waals surface area contributed by atoms with Crippen LogP contribution in [0.25, 0.3) is 0 Å². The number of ether oxygens (including phenoxy) is 1. The second-order valence-electron chi connectivity index (χ2n) is 5.58. The Morgan fingerprint density at radius 2 is 1.94 bits per heavy atom. The Labute approximate surface area is 108 Å². The van der Waals surface area contributed by atoms with Crippen molar-refractivity contribution in [3.8, 4) is 0 Å². The Bertz CT molecular complexity index is 414. The van der Waals surface area contributed by atoms with Gasteiger partial charge in [0.05, 0.1) is 25.1 Å². The third-order valence-electron chi connectivity index (χ3n) is 3.04.